The Hall–Kier alpha value is -0.940. The second-order valence-corrected chi connectivity index (χ2v) is 4.84. The summed E-state index contributed by atoms with van der Waals surface area (Å²) in [6.45, 7) is 3.96. The van der Waals surface area contributed by atoms with Crippen LogP contribution >= 0.6 is 15.9 Å². The third kappa shape index (κ3) is 2.84. The largest absolute Gasteiger partial charge is 0.375 e. The molecule has 0 radical (unpaired) electrons. The standard InChI is InChI=1S/C12H15BrN2O2/c1-2-9-8-15(6-7-17-9)12(16)11-10(13)4-3-5-14-11/h3-5,9H,2,6-8H2,1H3. The van der Waals surface area contributed by atoms with Crippen LogP contribution in [0.25, 0.3) is 0 Å². The predicted molar refractivity (Wildman–Crippen MR) is 67.9 cm³/mol. The highest BCUT2D eigenvalue weighted by Gasteiger charge is 2.25. The molecule has 0 saturated carbocycles. The number of hydrogen-bond donors (Lipinski definition) is 0. The Balaban J connectivity index is 2.12. The van der Waals surface area contributed by atoms with E-state index in [-0.39, 0.29) is 12.0 Å². The van der Waals surface area contributed by atoms with E-state index in [4.69, 9.17) is 4.74 Å². The first-order valence-corrected chi connectivity index (χ1v) is 6.53. The van der Waals surface area contributed by atoms with Crippen LogP contribution in [-0.4, -0.2) is 41.6 Å². The van der Waals surface area contributed by atoms with Crippen LogP contribution in [-0.2, 0) is 4.74 Å². The molecule has 1 aliphatic rings. The van der Waals surface area contributed by atoms with Gasteiger partial charge in [0.25, 0.3) is 5.91 Å². The number of carbonyl (C=O) groups is 1. The van der Waals surface area contributed by atoms with E-state index in [0.29, 0.717) is 25.4 Å². The molecule has 0 aliphatic carbocycles. The maximum Gasteiger partial charge on any atom is 0.273 e. The van der Waals surface area contributed by atoms with Crippen LogP contribution in [0.5, 0.6) is 0 Å². The van der Waals surface area contributed by atoms with Crippen molar-refractivity contribution in [1.29, 1.82) is 0 Å². The molecule has 0 spiro atoms. The van der Waals surface area contributed by atoms with Gasteiger partial charge in [-0.25, -0.2) is 4.98 Å². The molecule has 2 rings (SSSR count). The summed E-state index contributed by atoms with van der Waals surface area (Å²) in [6.07, 6.45) is 2.71. The summed E-state index contributed by atoms with van der Waals surface area (Å²) in [4.78, 5) is 18.2. The van der Waals surface area contributed by atoms with Gasteiger partial charge in [0.2, 0.25) is 0 Å². The van der Waals surface area contributed by atoms with Gasteiger partial charge in [-0.05, 0) is 34.5 Å². The molecule has 1 fully saturated rings. The smallest absolute Gasteiger partial charge is 0.273 e. The number of rotatable bonds is 2. The molecule has 92 valence electrons. The highest BCUT2D eigenvalue weighted by Crippen LogP contribution is 2.17. The number of hydrogen-bond acceptors (Lipinski definition) is 3. The van der Waals surface area contributed by atoms with Crippen LogP contribution in [0.3, 0.4) is 0 Å². The Morgan fingerprint density at radius 3 is 3.24 bits per heavy atom. The van der Waals surface area contributed by atoms with E-state index in [0.717, 1.165) is 10.9 Å². The average molecular weight is 299 g/mol. The van der Waals surface area contributed by atoms with Crippen molar-refractivity contribution < 1.29 is 9.53 Å². The van der Waals surface area contributed by atoms with Gasteiger partial charge >= 0.3 is 0 Å². The Bertz CT molecular complexity index is 411. The van der Waals surface area contributed by atoms with Crippen molar-refractivity contribution in [1.82, 2.24) is 9.88 Å². The van der Waals surface area contributed by atoms with Gasteiger partial charge in [0.05, 0.1) is 12.7 Å². The van der Waals surface area contributed by atoms with Gasteiger partial charge in [0.15, 0.2) is 0 Å². The molecule has 5 heteroatoms. The molecule has 2 heterocycles. The molecular formula is C12H15BrN2O2. The Morgan fingerprint density at radius 1 is 1.71 bits per heavy atom. The fraction of sp³-hybridized carbons (Fsp3) is 0.500. The molecule has 17 heavy (non-hydrogen) atoms. The van der Waals surface area contributed by atoms with Gasteiger partial charge in [0, 0.05) is 23.8 Å². The van der Waals surface area contributed by atoms with E-state index in [2.05, 4.69) is 27.8 Å². The van der Waals surface area contributed by atoms with Crippen molar-refractivity contribution in [3.05, 3.63) is 28.5 Å². The van der Waals surface area contributed by atoms with E-state index >= 15 is 0 Å². The average Bonchev–Trinajstić information content (AvgIpc) is 2.38. The van der Waals surface area contributed by atoms with Crippen LogP contribution in [0, 0.1) is 0 Å². The lowest BCUT2D eigenvalue weighted by Gasteiger charge is -2.32. The second-order valence-electron chi connectivity index (χ2n) is 3.99. The van der Waals surface area contributed by atoms with Crippen LogP contribution in [0.1, 0.15) is 23.8 Å². The number of halogens is 1. The monoisotopic (exact) mass is 298 g/mol. The Kier molecular flexibility index (Phi) is 4.12. The van der Waals surface area contributed by atoms with Crippen LogP contribution in [0.4, 0.5) is 0 Å². The Labute approximate surface area is 109 Å². The molecule has 1 aromatic rings. The fourth-order valence-corrected chi connectivity index (χ4v) is 2.27. The van der Waals surface area contributed by atoms with Crippen LogP contribution in [0.15, 0.2) is 22.8 Å². The topological polar surface area (TPSA) is 42.4 Å². The summed E-state index contributed by atoms with van der Waals surface area (Å²) >= 11 is 3.35. The zero-order valence-corrected chi connectivity index (χ0v) is 11.3. The van der Waals surface area contributed by atoms with Crippen molar-refractivity contribution in [2.75, 3.05) is 19.7 Å². The van der Waals surface area contributed by atoms with Gasteiger partial charge < -0.3 is 9.64 Å². The maximum atomic E-state index is 12.3. The normalized spacial score (nSPS) is 20.4. The van der Waals surface area contributed by atoms with E-state index < -0.39 is 0 Å². The molecule has 0 bridgehead atoms. The summed E-state index contributed by atoms with van der Waals surface area (Å²) in [7, 11) is 0. The molecule has 1 unspecified atom stereocenters. The van der Waals surface area contributed by atoms with Crippen molar-refractivity contribution >= 4 is 21.8 Å². The summed E-state index contributed by atoms with van der Waals surface area (Å²) < 4.78 is 6.29. The van der Waals surface area contributed by atoms with Crippen molar-refractivity contribution in [3.8, 4) is 0 Å². The van der Waals surface area contributed by atoms with Gasteiger partial charge in [-0.15, -0.1) is 0 Å². The second kappa shape index (κ2) is 5.60. The molecule has 0 aromatic carbocycles. The number of pyridine rings is 1. The summed E-state index contributed by atoms with van der Waals surface area (Å²) in [6, 6.07) is 3.63. The van der Waals surface area contributed by atoms with Gasteiger partial charge in [-0.1, -0.05) is 6.92 Å². The molecule has 1 aliphatic heterocycles. The SMILES string of the molecule is CCC1CN(C(=O)c2ncccc2Br)CCO1. The first-order chi connectivity index (χ1) is 8.22. The van der Waals surface area contributed by atoms with Gasteiger partial charge in [-0.2, -0.15) is 0 Å². The third-order valence-electron chi connectivity index (χ3n) is 2.84. The minimum atomic E-state index is -0.0285. The summed E-state index contributed by atoms with van der Waals surface area (Å²) in [5, 5.41) is 0. The fourth-order valence-electron chi connectivity index (χ4n) is 1.84. The lowest BCUT2D eigenvalue weighted by molar-refractivity contribution is -0.0228. The molecule has 1 aromatic heterocycles. The Morgan fingerprint density at radius 2 is 2.53 bits per heavy atom. The quantitative estimate of drug-likeness (QED) is 0.840. The highest BCUT2D eigenvalue weighted by atomic mass is 79.9. The van der Waals surface area contributed by atoms with Crippen molar-refractivity contribution in [3.63, 3.8) is 0 Å². The maximum absolute atomic E-state index is 12.3. The first-order valence-electron chi connectivity index (χ1n) is 5.73. The molecule has 1 atom stereocenters. The van der Waals surface area contributed by atoms with Crippen molar-refractivity contribution in [2.24, 2.45) is 0 Å². The van der Waals surface area contributed by atoms with E-state index in [1.807, 2.05) is 11.0 Å². The number of amides is 1. The summed E-state index contributed by atoms with van der Waals surface area (Å²) in [5.41, 5.74) is 0.476. The van der Waals surface area contributed by atoms with Gasteiger partial charge in [0.1, 0.15) is 5.69 Å². The van der Waals surface area contributed by atoms with Gasteiger partial charge in [-0.3, -0.25) is 4.79 Å². The zero-order chi connectivity index (χ0) is 12.3. The number of ether oxygens (including phenoxy) is 1. The number of morpholine rings is 1. The molecular weight excluding hydrogens is 284 g/mol. The summed E-state index contributed by atoms with van der Waals surface area (Å²) in [5.74, 6) is -0.0285. The van der Waals surface area contributed by atoms with E-state index in [9.17, 15) is 4.79 Å². The van der Waals surface area contributed by atoms with Crippen LogP contribution in [0.2, 0.25) is 0 Å². The lowest BCUT2D eigenvalue weighted by atomic mass is 10.2. The van der Waals surface area contributed by atoms with E-state index in [1.54, 1.807) is 12.3 Å². The number of nitrogens with zero attached hydrogens (tertiary/aromatic N) is 2. The molecule has 0 N–H and O–H groups in total. The lowest BCUT2D eigenvalue weighted by Crippen LogP contribution is -2.45. The highest BCUT2D eigenvalue weighted by molar-refractivity contribution is 9.10. The minimum absolute atomic E-state index is 0.0285. The number of carbonyl (C=O) groups excluding carboxylic acids is 1. The first kappa shape index (κ1) is 12.5. The predicted octanol–water partition coefficient (Wildman–Crippen LogP) is 2.10. The van der Waals surface area contributed by atoms with Crippen molar-refractivity contribution in [2.45, 2.75) is 19.4 Å². The minimum Gasteiger partial charge on any atom is -0.375 e. The third-order valence-corrected chi connectivity index (χ3v) is 3.48. The number of aromatic nitrogens is 1. The molecule has 1 saturated heterocycles. The molecule has 4 nitrogen and oxygen atoms in total. The van der Waals surface area contributed by atoms with Crippen LogP contribution < -0.4 is 0 Å². The molecule has 1 amide bonds. The zero-order valence-electron chi connectivity index (χ0n) is 9.73. The van der Waals surface area contributed by atoms with E-state index in [1.165, 1.54) is 0 Å².